The molecule has 8 nitrogen and oxygen atoms in total. The molecule has 0 aromatic heterocycles. The van der Waals surface area contributed by atoms with Crippen molar-refractivity contribution in [2.24, 2.45) is 5.73 Å². The highest BCUT2D eigenvalue weighted by Crippen LogP contribution is 2.42. The Balaban J connectivity index is 2.80. The molecule has 0 amide bonds. The number of esters is 1. The van der Waals surface area contributed by atoms with Crippen molar-refractivity contribution >= 4 is 11.7 Å². The maximum atomic E-state index is 13.5. The number of nitrogens with one attached hydrogen (secondary N) is 1. The highest BCUT2D eigenvalue weighted by molar-refractivity contribution is 5.93. The van der Waals surface area contributed by atoms with Crippen LogP contribution in [0, 0.1) is 21.4 Å². The number of alkyl halides is 3. The summed E-state index contributed by atoms with van der Waals surface area (Å²) in [5.41, 5.74) is 2.32. The van der Waals surface area contributed by atoms with Crippen molar-refractivity contribution in [2.45, 2.75) is 19.0 Å². The average Bonchev–Trinajstić information content (AvgIpc) is 2.60. The van der Waals surface area contributed by atoms with Gasteiger partial charge >= 0.3 is 12.1 Å². The largest absolute Gasteiger partial charge is 0.463 e. The molecule has 1 aliphatic heterocycles. The Morgan fingerprint density at radius 1 is 1.48 bits per heavy atom. The number of nitrogens with two attached hydrogens (primary N) is 1. The number of carbonyl (C=O) groups excluding carboxylic acids is 1. The van der Waals surface area contributed by atoms with Crippen LogP contribution in [0.3, 0.4) is 0 Å². The Morgan fingerprint density at radius 3 is 2.67 bits per heavy atom. The van der Waals surface area contributed by atoms with Crippen LogP contribution in [0.1, 0.15) is 18.4 Å². The maximum Gasteiger partial charge on any atom is 0.431 e. The minimum absolute atomic E-state index is 0.0741. The summed E-state index contributed by atoms with van der Waals surface area (Å²) in [7, 11) is 0. The Bertz CT molecular complexity index is 900. The molecule has 1 aromatic carbocycles. The third-order valence-corrected chi connectivity index (χ3v) is 3.71. The van der Waals surface area contributed by atoms with Crippen LogP contribution in [0.4, 0.5) is 18.9 Å². The highest BCUT2D eigenvalue weighted by Gasteiger charge is 2.46. The number of rotatable bonds is 4. The molecule has 0 fully saturated rings. The number of nitro groups is 1. The second kappa shape index (κ2) is 7.36. The van der Waals surface area contributed by atoms with Crippen LogP contribution in [-0.4, -0.2) is 23.7 Å². The number of hydrogen-bond donors (Lipinski definition) is 2. The molecular weight excluding hydrogens is 369 g/mol. The van der Waals surface area contributed by atoms with E-state index in [9.17, 15) is 33.3 Å². The van der Waals surface area contributed by atoms with Gasteiger partial charge in [-0.15, -0.1) is 0 Å². The zero-order valence-corrected chi connectivity index (χ0v) is 13.8. The van der Waals surface area contributed by atoms with Crippen molar-refractivity contribution in [3.63, 3.8) is 0 Å². The van der Waals surface area contributed by atoms with E-state index in [-0.39, 0.29) is 17.7 Å². The van der Waals surface area contributed by atoms with Gasteiger partial charge in [-0.1, -0.05) is 12.1 Å². The van der Waals surface area contributed by atoms with Crippen LogP contribution in [0.15, 0.2) is 46.9 Å². The van der Waals surface area contributed by atoms with E-state index in [1.54, 1.807) is 6.07 Å². The maximum absolute atomic E-state index is 13.5. The molecule has 1 heterocycles. The second-order valence-electron chi connectivity index (χ2n) is 5.36. The first-order valence-electron chi connectivity index (χ1n) is 7.51. The normalized spacial score (nSPS) is 17.2. The van der Waals surface area contributed by atoms with E-state index < -0.39 is 45.8 Å². The number of nitriles is 1. The molecule has 0 saturated heterocycles. The SMILES string of the molecule is CCOC(=O)C1=C(C(F)(F)F)NC(N)=C(C#N)C1c1cccc([N+](=O)[O-])c1. The third kappa shape index (κ3) is 3.84. The first-order chi connectivity index (χ1) is 12.6. The predicted molar refractivity (Wildman–Crippen MR) is 85.5 cm³/mol. The van der Waals surface area contributed by atoms with Crippen LogP contribution in [0.25, 0.3) is 0 Å². The quantitative estimate of drug-likeness (QED) is 0.464. The molecule has 3 N–H and O–H groups in total. The molecule has 1 aromatic rings. The van der Waals surface area contributed by atoms with Gasteiger partial charge in [-0.2, -0.15) is 18.4 Å². The van der Waals surface area contributed by atoms with E-state index in [1.165, 1.54) is 19.1 Å². The molecule has 0 spiro atoms. The minimum atomic E-state index is -5.01. The number of hydrogen-bond acceptors (Lipinski definition) is 7. The van der Waals surface area contributed by atoms with E-state index in [0.29, 0.717) is 0 Å². The Kier molecular flexibility index (Phi) is 5.39. The number of nitro benzene ring substituents is 1. The summed E-state index contributed by atoms with van der Waals surface area (Å²) in [5, 5.41) is 22.2. The Labute approximate surface area is 150 Å². The van der Waals surface area contributed by atoms with Gasteiger partial charge in [0, 0.05) is 12.1 Å². The number of nitrogens with zero attached hydrogens (tertiary/aromatic N) is 2. The van der Waals surface area contributed by atoms with Gasteiger partial charge in [0.25, 0.3) is 5.69 Å². The summed E-state index contributed by atoms with van der Waals surface area (Å²) in [6.07, 6.45) is -5.01. The summed E-state index contributed by atoms with van der Waals surface area (Å²) in [6.45, 7) is 1.19. The zero-order valence-electron chi connectivity index (χ0n) is 13.8. The molecule has 1 aliphatic rings. The standard InChI is InChI=1S/C16H13F3N4O4/c1-2-27-15(24)12-11(8-4-3-5-9(6-8)23(25)26)10(7-20)14(21)22-13(12)16(17,18)19/h3-6,11,22H,2,21H2,1H3. The topological polar surface area (TPSA) is 131 Å². The van der Waals surface area contributed by atoms with Crippen LogP contribution in [0.5, 0.6) is 0 Å². The second-order valence-corrected chi connectivity index (χ2v) is 5.36. The number of allylic oxidation sites excluding steroid dienone is 2. The van der Waals surface area contributed by atoms with Gasteiger partial charge in [0.1, 0.15) is 11.5 Å². The molecule has 142 valence electrons. The summed E-state index contributed by atoms with van der Waals surface area (Å²) in [6, 6.07) is 6.27. The lowest BCUT2D eigenvalue weighted by Gasteiger charge is -2.29. The van der Waals surface area contributed by atoms with Gasteiger partial charge in [0.05, 0.1) is 34.7 Å². The zero-order chi connectivity index (χ0) is 20.4. The summed E-state index contributed by atoms with van der Waals surface area (Å²) < 4.78 is 45.2. The lowest BCUT2D eigenvalue weighted by Crippen LogP contribution is -2.39. The van der Waals surface area contributed by atoms with Crippen molar-refractivity contribution < 1.29 is 27.6 Å². The first kappa shape index (κ1) is 19.8. The van der Waals surface area contributed by atoms with Crippen LogP contribution < -0.4 is 11.1 Å². The van der Waals surface area contributed by atoms with Gasteiger partial charge in [-0.3, -0.25) is 10.1 Å². The van der Waals surface area contributed by atoms with E-state index >= 15 is 0 Å². The lowest BCUT2D eigenvalue weighted by atomic mass is 9.81. The van der Waals surface area contributed by atoms with Crippen molar-refractivity contribution in [3.05, 3.63) is 62.6 Å². The van der Waals surface area contributed by atoms with E-state index in [2.05, 4.69) is 0 Å². The molecule has 0 bridgehead atoms. The van der Waals surface area contributed by atoms with Crippen molar-refractivity contribution in [2.75, 3.05) is 6.61 Å². The van der Waals surface area contributed by atoms with E-state index in [1.807, 2.05) is 5.32 Å². The fraction of sp³-hybridized carbons (Fsp3) is 0.250. The van der Waals surface area contributed by atoms with Crippen molar-refractivity contribution in [1.29, 1.82) is 5.26 Å². The van der Waals surface area contributed by atoms with Crippen LogP contribution >= 0.6 is 0 Å². The van der Waals surface area contributed by atoms with Crippen molar-refractivity contribution in [1.82, 2.24) is 5.32 Å². The number of ether oxygens (including phenoxy) is 1. The molecular formula is C16H13F3N4O4. The molecule has 0 radical (unpaired) electrons. The predicted octanol–water partition coefficient (Wildman–Crippen LogP) is 2.35. The minimum Gasteiger partial charge on any atom is -0.463 e. The molecule has 1 unspecified atom stereocenters. The fourth-order valence-corrected chi connectivity index (χ4v) is 2.64. The highest BCUT2D eigenvalue weighted by atomic mass is 19.4. The number of benzene rings is 1. The molecule has 11 heteroatoms. The van der Waals surface area contributed by atoms with Crippen LogP contribution in [0.2, 0.25) is 0 Å². The average molecular weight is 382 g/mol. The lowest BCUT2D eigenvalue weighted by molar-refractivity contribution is -0.384. The molecule has 0 saturated carbocycles. The molecule has 1 atom stereocenters. The van der Waals surface area contributed by atoms with Gasteiger partial charge in [-0.25, -0.2) is 4.79 Å². The Hall–Kier alpha value is -3.55. The van der Waals surface area contributed by atoms with Gasteiger partial charge in [0.15, 0.2) is 0 Å². The van der Waals surface area contributed by atoms with E-state index in [4.69, 9.17) is 10.5 Å². The fourth-order valence-electron chi connectivity index (χ4n) is 2.64. The molecule has 0 aliphatic carbocycles. The number of carbonyl (C=O) groups is 1. The van der Waals surface area contributed by atoms with Crippen molar-refractivity contribution in [3.8, 4) is 6.07 Å². The van der Waals surface area contributed by atoms with Gasteiger partial charge in [-0.05, 0) is 12.5 Å². The monoisotopic (exact) mass is 382 g/mol. The van der Waals surface area contributed by atoms with Gasteiger partial charge < -0.3 is 15.8 Å². The van der Waals surface area contributed by atoms with Gasteiger partial charge in [0.2, 0.25) is 0 Å². The first-order valence-corrected chi connectivity index (χ1v) is 7.51. The number of dihydropyridines is 1. The summed E-state index contributed by atoms with van der Waals surface area (Å²) in [5.74, 6) is -3.49. The smallest absolute Gasteiger partial charge is 0.431 e. The van der Waals surface area contributed by atoms with Crippen LogP contribution in [-0.2, 0) is 9.53 Å². The molecule has 2 rings (SSSR count). The number of non-ortho nitro benzene ring substituents is 1. The molecule has 27 heavy (non-hydrogen) atoms. The summed E-state index contributed by atoms with van der Waals surface area (Å²) in [4.78, 5) is 22.6. The number of halogens is 3. The Morgan fingerprint density at radius 2 is 2.15 bits per heavy atom. The third-order valence-electron chi connectivity index (χ3n) is 3.71. The van der Waals surface area contributed by atoms with E-state index in [0.717, 1.165) is 12.1 Å². The summed E-state index contributed by atoms with van der Waals surface area (Å²) >= 11 is 0.